The summed E-state index contributed by atoms with van der Waals surface area (Å²) in [6.45, 7) is 7.76. The van der Waals surface area contributed by atoms with Gasteiger partial charge in [0.2, 0.25) is 0 Å². The van der Waals surface area contributed by atoms with E-state index < -0.39 is 24.4 Å². The number of halogens is 2. The highest BCUT2D eigenvalue weighted by Crippen LogP contribution is 2.33. The lowest BCUT2D eigenvalue weighted by Crippen LogP contribution is -2.61. The van der Waals surface area contributed by atoms with Crippen molar-refractivity contribution in [3.63, 3.8) is 0 Å². The molecule has 1 amide bonds. The molecule has 1 unspecified atom stereocenters. The summed E-state index contributed by atoms with van der Waals surface area (Å²) < 4.78 is 41.3. The Kier molecular flexibility index (Phi) is 6.14. The van der Waals surface area contributed by atoms with Crippen LogP contribution >= 0.6 is 0 Å². The molecule has 8 heteroatoms. The summed E-state index contributed by atoms with van der Waals surface area (Å²) in [7, 11) is 0. The first-order valence-electron chi connectivity index (χ1n) is 11.0. The number of amides is 1. The molecule has 1 fully saturated rings. The summed E-state index contributed by atoms with van der Waals surface area (Å²) >= 11 is 0. The molecule has 1 aromatic carbocycles. The van der Waals surface area contributed by atoms with Gasteiger partial charge in [-0.3, -0.25) is 14.7 Å². The number of furan rings is 1. The van der Waals surface area contributed by atoms with Gasteiger partial charge in [-0.15, -0.1) is 0 Å². The molecule has 0 bridgehead atoms. The van der Waals surface area contributed by atoms with Crippen LogP contribution in [-0.4, -0.2) is 46.4 Å². The number of piperidine rings is 1. The van der Waals surface area contributed by atoms with Crippen LogP contribution in [0.3, 0.4) is 0 Å². The molecule has 176 valence electrons. The standard InChI is InChI=1S/C25H29F2N3O3/c1-16-22(23(31)29-21-10-12-30(24(2,3)4)15-25(21,26)27)19-13-18(8-9-20(19)33-16)32-14-17-7-5-6-11-28-17/h5-9,11,13,21H,10,12,14-15H2,1-4H3,(H,29,31). The minimum Gasteiger partial charge on any atom is -0.487 e. The molecule has 6 nitrogen and oxygen atoms in total. The second-order valence-corrected chi connectivity index (χ2v) is 9.47. The fourth-order valence-electron chi connectivity index (χ4n) is 4.13. The first kappa shape index (κ1) is 23.2. The quantitative estimate of drug-likeness (QED) is 0.587. The molecule has 33 heavy (non-hydrogen) atoms. The van der Waals surface area contributed by atoms with Gasteiger partial charge in [0.1, 0.15) is 23.7 Å². The van der Waals surface area contributed by atoms with Crippen LogP contribution in [-0.2, 0) is 6.61 Å². The lowest BCUT2D eigenvalue weighted by Gasteiger charge is -2.44. The molecule has 4 rings (SSSR count). The highest BCUT2D eigenvalue weighted by Gasteiger charge is 2.47. The van der Waals surface area contributed by atoms with Crippen molar-refractivity contribution in [3.05, 3.63) is 59.6 Å². The Labute approximate surface area is 191 Å². The molecule has 1 saturated heterocycles. The SMILES string of the molecule is Cc1oc2ccc(OCc3ccccn3)cc2c1C(=O)NC1CCN(C(C)(C)C)CC1(F)F. The van der Waals surface area contributed by atoms with Gasteiger partial charge >= 0.3 is 0 Å². The number of carbonyl (C=O) groups excluding carboxylic acids is 1. The maximum Gasteiger partial charge on any atom is 0.280 e. The van der Waals surface area contributed by atoms with E-state index >= 15 is 0 Å². The summed E-state index contributed by atoms with van der Waals surface area (Å²) in [5.74, 6) is -2.69. The number of rotatable bonds is 5. The molecule has 1 aliphatic rings. The molecule has 0 spiro atoms. The number of likely N-dealkylation sites (tertiary alicyclic amines) is 1. The third-order valence-electron chi connectivity index (χ3n) is 6.03. The number of benzene rings is 1. The summed E-state index contributed by atoms with van der Waals surface area (Å²) in [5.41, 5.74) is 1.16. The van der Waals surface area contributed by atoms with Crippen molar-refractivity contribution in [1.82, 2.24) is 15.2 Å². The van der Waals surface area contributed by atoms with Gasteiger partial charge in [0.25, 0.3) is 11.8 Å². The van der Waals surface area contributed by atoms with Crippen LogP contribution in [0.25, 0.3) is 11.0 Å². The fourth-order valence-corrected chi connectivity index (χ4v) is 4.13. The van der Waals surface area contributed by atoms with E-state index in [0.29, 0.717) is 29.0 Å². The number of alkyl halides is 2. The highest BCUT2D eigenvalue weighted by molar-refractivity contribution is 6.07. The number of fused-ring (bicyclic) bond motifs is 1. The van der Waals surface area contributed by atoms with E-state index in [2.05, 4.69) is 10.3 Å². The first-order chi connectivity index (χ1) is 15.5. The normalized spacial score (nSPS) is 18.9. The van der Waals surface area contributed by atoms with Crippen molar-refractivity contribution >= 4 is 16.9 Å². The predicted octanol–water partition coefficient (Wildman–Crippen LogP) is 4.95. The molecule has 0 radical (unpaired) electrons. The summed E-state index contributed by atoms with van der Waals surface area (Å²) in [6.07, 6.45) is 1.86. The van der Waals surface area contributed by atoms with E-state index in [0.717, 1.165) is 5.69 Å². The van der Waals surface area contributed by atoms with Crippen molar-refractivity contribution in [2.45, 2.75) is 58.2 Å². The molecule has 1 atom stereocenters. The lowest BCUT2D eigenvalue weighted by molar-refractivity contribution is -0.107. The smallest absolute Gasteiger partial charge is 0.280 e. The predicted molar refractivity (Wildman–Crippen MR) is 122 cm³/mol. The molecule has 0 aliphatic carbocycles. The van der Waals surface area contributed by atoms with Gasteiger partial charge < -0.3 is 14.5 Å². The number of aryl methyl sites for hydroxylation is 1. The zero-order valence-electron chi connectivity index (χ0n) is 19.3. The average molecular weight is 458 g/mol. The van der Waals surface area contributed by atoms with Gasteiger partial charge in [-0.2, -0.15) is 0 Å². The molecule has 2 aromatic heterocycles. The summed E-state index contributed by atoms with van der Waals surface area (Å²) in [5, 5.41) is 3.09. The molecular weight excluding hydrogens is 428 g/mol. The average Bonchev–Trinajstić information content (AvgIpc) is 3.08. The number of hydrogen-bond donors (Lipinski definition) is 1. The lowest BCUT2D eigenvalue weighted by atomic mass is 9.95. The second-order valence-electron chi connectivity index (χ2n) is 9.47. The zero-order valence-corrected chi connectivity index (χ0v) is 19.3. The fraction of sp³-hybridized carbons (Fsp3) is 0.440. The monoisotopic (exact) mass is 457 g/mol. The van der Waals surface area contributed by atoms with Crippen LogP contribution in [0.5, 0.6) is 5.75 Å². The highest BCUT2D eigenvalue weighted by atomic mass is 19.3. The third kappa shape index (κ3) is 5.00. The molecule has 3 heterocycles. The van der Waals surface area contributed by atoms with Crippen molar-refractivity contribution in [1.29, 1.82) is 0 Å². The van der Waals surface area contributed by atoms with E-state index in [1.165, 1.54) is 0 Å². The van der Waals surface area contributed by atoms with Crippen LogP contribution in [0.1, 0.15) is 49.0 Å². The molecule has 0 saturated carbocycles. The van der Waals surface area contributed by atoms with E-state index in [1.807, 2.05) is 39.0 Å². The molecule has 1 N–H and O–H groups in total. The number of carbonyl (C=O) groups is 1. The van der Waals surface area contributed by atoms with Gasteiger partial charge in [-0.25, -0.2) is 8.78 Å². The van der Waals surface area contributed by atoms with Crippen LogP contribution in [0.4, 0.5) is 8.78 Å². The molecule has 1 aliphatic heterocycles. The van der Waals surface area contributed by atoms with E-state index in [1.54, 1.807) is 36.2 Å². The Bertz CT molecular complexity index is 1140. The van der Waals surface area contributed by atoms with Crippen LogP contribution < -0.4 is 10.1 Å². The van der Waals surface area contributed by atoms with Crippen LogP contribution in [0.15, 0.2) is 47.0 Å². The minimum atomic E-state index is -3.04. The minimum absolute atomic E-state index is 0.170. The zero-order chi connectivity index (χ0) is 23.8. The van der Waals surface area contributed by atoms with Crippen molar-refractivity contribution < 1.29 is 22.7 Å². The largest absolute Gasteiger partial charge is 0.487 e. The van der Waals surface area contributed by atoms with Crippen LogP contribution in [0.2, 0.25) is 0 Å². The van der Waals surface area contributed by atoms with Gasteiger partial charge in [0, 0.05) is 23.7 Å². The second kappa shape index (κ2) is 8.74. The summed E-state index contributed by atoms with van der Waals surface area (Å²) in [4.78, 5) is 19.1. The van der Waals surface area contributed by atoms with E-state index in [9.17, 15) is 13.6 Å². The molecular formula is C25H29F2N3O3. The Morgan fingerprint density at radius 1 is 1.30 bits per heavy atom. The van der Waals surface area contributed by atoms with E-state index in [4.69, 9.17) is 9.15 Å². The van der Waals surface area contributed by atoms with Gasteiger partial charge in [0.15, 0.2) is 0 Å². The van der Waals surface area contributed by atoms with Crippen LogP contribution in [0, 0.1) is 6.92 Å². The molecule has 3 aromatic rings. The third-order valence-corrected chi connectivity index (χ3v) is 6.03. The number of hydrogen-bond acceptors (Lipinski definition) is 5. The Balaban J connectivity index is 1.52. The summed E-state index contributed by atoms with van der Waals surface area (Å²) in [6, 6.07) is 9.46. The van der Waals surface area contributed by atoms with Gasteiger partial charge in [-0.1, -0.05) is 6.07 Å². The Morgan fingerprint density at radius 2 is 2.09 bits per heavy atom. The Morgan fingerprint density at radius 3 is 2.76 bits per heavy atom. The maximum absolute atomic E-state index is 14.9. The van der Waals surface area contributed by atoms with Gasteiger partial charge in [0.05, 0.1) is 23.8 Å². The first-order valence-corrected chi connectivity index (χ1v) is 11.0. The van der Waals surface area contributed by atoms with E-state index in [-0.39, 0.29) is 24.1 Å². The van der Waals surface area contributed by atoms with Crippen molar-refractivity contribution in [2.75, 3.05) is 13.1 Å². The number of nitrogens with zero attached hydrogens (tertiary/aromatic N) is 2. The van der Waals surface area contributed by atoms with Crippen molar-refractivity contribution in [3.8, 4) is 5.75 Å². The van der Waals surface area contributed by atoms with Crippen molar-refractivity contribution in [2.24, 2.45) is 0 Å². The Hall–Kier alpha value is -3.00. The number of nitrogens with one attached hydrogen (secondary N) is 1. The van der Waals surface area contributed by atoms with Gasteiger partial charge in [-0.05, 0) is 64.4 Å². The number of pyridine rings is 1. The maximum atomic E-state index is 14.9. The number of ether oxygens (including phenoxy) is 1. The topological polar surface area (TPSA) is 67.6 Å². The number of aromatic nitrogens is 1.